The molecule has 11 rings (SSSR count). The molecule has 3 aliphatic carbocycles. The van der Waals surface area contributed by atoms with E-state index in [9.17, 15) is 0 Å². The standard InChI is InChI=1S/C55H42N2O/c1-37-13-12-21-51-54(37)48-19-8-10-20-50(48)57(51)46-33-31-45(32-34-46)56(44-29-27-42(28-30-44)41-25-23-40(24-26-41)38-14-4-2-5-15-38)52-36-43(39-16-6-3-7-17-39)35-49-47-18-9-11-22-53(47)58-55(49)52/h2-7,10,14-18,20,22-37H,8,12-13,19,21H2,1H3. The first-order chi connectivity index (χ1) is 28.7. The van der Waals surface area contributed by atoms with E-state index in [4.69, 9.17) is 4.42 Å². The van der Waals surface area contributed by atoms with Crippen molar-refractivity contribution in [1.29, 1.82) is 0 Å². The van der Waals surface area contributed by atoms with E-state index in [1.54, 1.807) is 11.1 Å². The number of benzene rings is 6. The van der Waals surface area contributed by atoms with E-state index in [2.05, 4.69) is 186 Å². The molecule has 0 N–H and O–H groups in total. The Hall–Kier alpha value is -7.02. The number of aromatic nitrogens is 1. The Morgan fingerprint density at radius 1 is 0.638 bits per heavy atom. The average Bonchev–Trinajstić information content (AvgIpc) is 3.84. The Labute approximate surface area is 339 Å². The second-order valence-corrected chi connectivity index (χ2v) is 15.8. The summed E-state index contributed by atoms with van der Waals surface area (Å²) in [4.78, 5) is 2.36. The zero-order valence-corrected chi connectivity index (χ0v) is 32.6. The van der Waals surface area contributed by atoms with Crippen molar-refractivity contribution in [3.05, 3.63) is 197 Å². The van der Waals surface area contributed by atoms with Gasteiger partial charge in [-0.1, -0.05) is 122 Å². The van der Waals surface area contributed by atoms with Crippen molar-refractivity contribution in [2.45, 2.75) is 44.9 Å². The van der Waals surface area contributed by atoms with Crippen LogP contribution in [0.1, 0.15) is 65.9 Å². The monoisotopic (exact) mass is 746 g/mol. The van der Waals surface area contributed by atoms with Gasteiger partial charge in [0.2, 0.25) is 0 Å². The lowest BCUT2D eigenvalue weighted by Crippen LogP contribution is -2.12. The van der Waals surface area contributed by atoms with Crippen molar-refractivity contribution in [3.8, 4) is 39.1 Å². The highest BCUT2D eigenvalue weighted by Crippen LogP contribution is 2.46. The molecular formula is C55H42N2O. The number of furan rings is 1. The number of allylic oxidation sites excluding steroid dienone is 1. The molecule has 3 aliphatic rings. The Morgan fingerprint density at radius 3 is 1.93 bits per heavy atom. The van der Waals surface area contributed by atoms with Crippen LogP contribution in [-0.2, 0) is 12.8 Å². The Bertz CT molecular complexity index is 2970. The summed E-state index contributed by atoms with van der Waals surface area (Å²) in [5.41, 5.74) is 25.6. The van der Waals surface area contributed by atoms with E-state index >= 15 is 0 Å². The number of fused-ring (bicyclic) bond motifs is 6. The summed E-state index contributed by atoms with van der Waals surface area (Å²) in [7, 11) is 0. The van der Waals surface area contributed by atoms with Gasteiger partial charge in [-0.3, -0.25) is 0 Å². The van der Waals surface area contributed by atoms with Crippen LogP contribution in [0.25, 0.3) is 68.3 Å². The molecule has 0 fully saturated rings. The summed E-state index contributed by atoms with van der Waals surface area (Å²) >= 11 is 0. The first-order valence-corrected chi connectivity index (χ1v) is 20.6. The Kier molecular flexibility index (Phi) is 8.37. The largest absolute Gasteiger partial charge is 0.453 e. The minimum Gasteiger partial charge on any atom is -0.453 e. The van der Waals surface area contributed by atoms with Crippen LogP contribution in [0.5, 0.6) is 0 Å². The summed E-state index contributed by atoms with van der Waals surface area (Å²) in [6.07, 6.45) is 14.5. The van der Waals surface area contributed by atoms with Crippen molar-refractivity contribution >= 4 is 46.3 Å². The molecule has 2 aromatic heterocycles. The van der Waals surface area contributed by atoms with Crippen LogP contribution in [0.2, 0.25) is 0 Å². The van der Waals surface area contributed by atoms with Crippen molar-refractivity contribution in [1.82, 2.24) is 4.57 Å². The first-order valence-electron chi connectivity index (χ1n) is 20.6. The van der Waals surface area contributed by atoms with Gasteiger partial charge in [-0.2, -0.15) is 0 Å². The molecular weight excluding hydrogens is 705 g/mol. The third kappa shape index (κ3) is 5.84. The van der Waals surface area contributed by atoms with Crippen LogP contribution in [0, 0.1) is 0 Å². The minimum absolute atomic E-state index is 0.600. The zero-order chi connectivity index (χ0) is 38.6. The number of hydrogen-bond donors (Lipinski definition) is 0. The molecule has 6 aromatic carbocycles. The number of anilines is 3. The summed E-state index contributed by atoms with van der Waals surface area (Å²) < 4.78 is 9.31. The molecule has 1 atom stereocenters. The van der Waals surface area contributed by atoms with Gasteiger partial charge >= 0.3 is 0 Å². The van der Waals surface area contributed by atoms with Crippen LogP contribution in [0.4, 0.5) is 17.1 Å². The summed E-state index contributed by atoms with van der Waals surface area (Å²) in [6, 6.07) is 52.7. The highest BCUT2D eigenvalue weighted by molar-refractivity contribution is 6.04. The fourth-order valence-corrected chi connectivity index (χ4v) is 9.54. The molecule has 0 bridgehead atoms. The van der Waals surface area contributed by atoms with E-state index in [-0.39, 0.29) is 0 Å². The summed E-state index contributed by atoms with van der Waals surface area (Å²) in [6.45, 7) is 2.42. The van der Waals surface area contributed by atoms with Gasteiger partial charge in [-0.25, -0.2) is 0 Å². The molecule has 0 saturated carbocycles. The van der Waals surface area contributed by atoms with Crippen LogP contribution >= 0.6 is 0 Å². The normalized spacial score (nSPS) is 15.0. The van der Waals surface area contributed by atoms with Gasteiger partial charge in [0.15, 0.2) is 5.58 Å². The van der Waals surface area contributed by atoms with Crippen LogP contribution < -0.4 is 4.90 Å². The average molecular weight is 747 g/mol. The van der Waals surface area contributed by atoms with Gasteiger partial charge in [-0.05, 0) is 137 Å². The van der Waals surface area contributed by atoms with Gasteiger partial charge in [0.25, 0.3) is 0 Å². The molecule has 8 aromatic rings. The van der Waals surface area contributed by atoms with E-state index in [0.717, 1.165) is 69.7 Å². The van der Waals surface area contributed by atoms with E-state index in [0.29, 0.717) is 5.92 Å². The second kappa shape index (κ2) is 14.2. The van der Waals surface area contributed by atoms with E-state index in [1.165, 1.54) is 52.2 Å². The molecule has 3 nitrogen and oxygen atoms in total. The van der Waals surface area contributed by atoms with Crippen molar-refractivity contribution < 1.29 is 4.42 Å². The molecule has 0 amide bonds. The molecule has 3 heteroatoms. The summed E-state index contributed by atoms with van der Waals surface area (Å²) in [5, 5.41) is 1.06. The van der Waals surface area contributed by atoms with Gasteiger partial charge in [0.05, 0.1) is 5.69 Å². The minimum atomic E-state index is 0.600. The Morgan fingerprint density at radius 2 is 1.24 bits per heavy atom. The topological polar surface area (TPSA) is 21.3 Å². The van der Waals surface area contributed by atoms with Gasteiger partial charge in [-0.15, -0.1) is 0 Å². The molecule has 0 aliphatic heterocycles. The lowest BCUT2D eigenvalue weighted by molar-refractivity contribution is 0.575. The maximum atomic E-state index is 6.75. The third-order valence-corrected chi connectivity index (χ3v) is 12.3. The molecule has 0 radical (unpaired) electrons. The predicted molar refractivity (Wildman–Crippen MR) is 241 cm³/mol. The molecule has 0 spiro atoms. The molecule has 0 saturated heterocycles. The zero-order valence-electron chi connectivity index (χ0n) is 32.6. The SMILES string of the molecule is CC1CCCc2c1c1c(n2-c2ccc(N(c3ccc(-c4ccc(-c5ccccc5)cc4)cc3)c3cc(-c4ccccc4)cc4c5c(oc34)C=C=C=C5)cc2)C=CCC1. The highest BCUT2D eigenvalue weighted by Gasteiger charge is 2.29. The lowest BCUT2D eigenvalue weighted by atomic mass is 9.84. The third-order valence-electron chi connectivity index (χ3n) is 12.3. The van der Waals surface area contributed by atoms with Crippen molar-refractivity contribution in [3.63, 3.8) is 0 Å². The van der Waals surface area contributed by atoms with E-state index in [1.807, 2.05) is 12.2 Å². The fourth-order valence-electron chi connectivity index (χ4n) is 9.54. The fraction of sp³-hybridized carbons (Fsp3) is 0.127. The maximum absolute atomic E-state index is 6.75. The molecule has 1 unspecified atom stereocenters. The number of hydrogen-bond acceptors (Lipinski definition) is 2. The van der Waals surface area contributed by atoms with E-state index < -0.39 is 0 Å². The van der Waals surface area contributed by atoms with Crippen molar-refractivity contribution in [2.75, 3.05) is 4.90 Å². The van der Waals surface area contributed by atoms with Crippen LogP contribution in [0.15, 0.2) is 168 Å². The maximum Gasteiger partial charge on any atom is 0.159 e. The first kappa shape index (κ1) is 34.2. The van der Waals surface area contributed by atoms with Gasteiger partial charge in [0, 0.05) is 51.6 Å². The molecule has 2 heterocycles. The second-order valence-electron chi connectivity index (χ2n) is 15.8. The van der Waals surface area contributed by atoms with Crippen LogP contribution in [0.3, 0.4) is 0 Å². The van der Waals surface area contributed by atoms with Crippen LogP contribution in [-0.4, -0.2) is 4.57 Å². The number of rotatable bonds is 7. The highest BCUT2D eigenvalue weighted by atomic mass is 16.3. The van der Waals surface area contributed by atoms with Crippen molar-refractivity contribution in [2.24, 2.45) is 0 Å². The molecule has 278 valence electrons. The summed E-state index contributed by atoms with van der Waals surface area (Å²) in [5.74, 6) is 1.40. The quantitative estimate of drug-likeness (QED) is 0.151. The molecule has 58 heavy (non-hydrogen) atoms. The van der Waals surface area contributed by atoms with Gasteiger partial charge in [0.1, 0.15) is 5.76 Å². The lowest BCUT2D eigenvalue weighted by Gasteiger charge is -2.27. The van der Waals surface area contributed by atoms with Gasteiger partial charge < -0.3 is 13.9 Å². The predicted octanol–water partition coefficient (Wildman–Crippen LogP) is 14.9. The Balaban J connectivity index is 1.06. The smallest absolute Gasteiger partial charge is 0.159 e. The number of nitrogens with zero attached hydrogens (tertiary/aromatic N) is 2.